The maximum absolute atomic E-state index is 11.6. The molecule has 2 saturated heterocycles. The van der Waals surface area contributed by atoms with Gasteiger partial charge < -0.3 is 4.90 Å². The highest BCUT2D eigenvalue weighted by Gasteiger charge is 2.43. The molecular weight excluding hydrogens is 356 g/mol. The Labute approximate surface area is 162 Å². The number of hydrogen-bond acceptors (Lipinski definition) is 5. The summed E-state index contributed by atoms with van der Waals surface area (Å²) in [7, 11) is 0. The van der Waals surface area contributed by atoms with Crippen LogP contribution in [-0.4, -0.2) is 50.8 Å². The van der Waals surface area contributed by atoms with Gasteiger partial charge in [-0.2, -0.15) is 0 Å². The number of amides is 1. The zero-order chi connectivity index (χ0) is 18.4. The molecule has 6 heteroatoms. The summed E-state index contributed by atoms with van der Waals surface area (Å²) < 4.78 is 1.15. The quantitative estimate of drug-likeness (QED) is 0.700. The summed E-state index contributed by atoms with van der Waals surface area (Å²) in [4.78, 5) is 25.2. The highest BCUT2D eigenvalue weighted by Crippen LogP contribution is 2.32. The number of aromatic nitrogens is 2. The Morgan fingerprint density at radius 3 is 2.67 bits per heavy atom. The number of pyridine rings is 1. The first-order chi connectivity index (χ1) is 13.2. The number of carbonyl (C=O) groups is 1. The third kappa shape index (κ3) is 3.24. The topological polar surface area (TPSA) is 49.3 Å². The molecule has 3 aromatic rings. The number of fused-ring (bicyclic) bond motifs is 3. The molecule has 5 rings (SSSR count). The van der Waals surface area contributed by atoms with Gasteiger partial charge in [-0.3, -0.25) is 9.69 Å². The van der Waals surface area contributed by atoms with Gasteiger partial charge in [-0.1, -0.05) is 24.3 Å². The predicted octanol–water partition coefficient (Wildman–Crippen LogP) is 3.09. The molecule has 0 aliphatic carbocycles. The zero-order valence-electron chi connectivity index (χ0n) is 15.3. The molecule has 0 N–H and O–H groups in total. The van der Waals surface area contributed by atoms with Crippen LogP contribution < -0.4 is 0 Å². The van der Waals surface area contributed by atoms with E-state index in [-0.39, 0.29) is 5.91 Å². The minimum Gasteiger partial charge on any atom is -0.337 e. The lowest BCUT2D eigenvalue weighted by Crippen LogP contribution is -2.47. The van der Waals surface area contributed by atoms with Crippen LogP contribution in [0, 0.1) is 0 Å². The van der Waals surface area contributed by atoms with E-state index in [0.29, 0.717) is 12.1 Å². The molecule has 5 nitrogen and oxygen atoms in total. The van der Waals surface area contributed by atoms with Gasteiger partial charge in [0.2, 0.25) is 5.91 Å². The van der Waals surface area contributed by atoms with Gasteiger partial charge in [-0.05, 0) is 29.7 Å². The summed E-state index contributed by atoms with van der Waals surface area (Å²) in [5.74, 6) is 0.219. The molecule has 2 aromatic heterocycles. The average molecular weight is 379 g/mol. The molecule has 0 unspecified atom stereocenters. The highest BCUT2D eigenvalue weighted by atomic mass is 32.1. The Bertz CT molecular complexity index is 950. The Kier molecular flexibility index (Phi) is 4.17. The molecule has 2 atom stereocenters. The van der Waals surface area contributed by atoms with Gasteiger partial charge >= 0.3 is 0 Å². The Balaban J connectivity index is 1.23. The van der Waals surface area contributed by atoms with Crippen LogP contribution in [0.25, 0.3) is 10.3 Å². The summed E-state index contributed by atoms with van der Waals surface area (Å²) in [6.45, 7) is 4.55. The van der Waals surface area contributed by atoms with Gasteiger partial charge in [0.15, 0.2) is 5.65 Å². The van der Waals surface area contributed by atoms with Gasteiger partial charge in [0, 0.05) is 51.3 Å². The van der Waals surface area contributed by atoms with Crippen molar-refractivity contribution < 1.29 is 4.79 Å². The number of rotatable bonds is 4. The first-order valence-corrected chi connectivity index (χ1v) is 10.3. The number of carbonyl (C=O) groups excluding carboxylic acids is 1. The molecule has 1 amide bonds. The van der Waals surface area contributed by atoms with Crippen molar-refractivity contribution >= 4 is 27.6 Å². The monoisotopic (exact) mass is 378 g/mol. The number of likely N-dealkylation sites (tertiary alicyclic amines) is 2. The lowest BCUT2D eigenvalue weighted by atomic mass is 10.1. The van der Waals surface area contributed by atoms with E-state index in [0.717, 1.165) is 47.8 Å². The van der Waals surface area contributed by atoms with Gasteiger partial charge in [0.05, 0.1) is 4.70 Å². The largest absolute Gasteiger partial charge is 0.337 e. The number of hydrogen-bond donors (Lipinski definition) is 0. The molecule has 2 fully saturated rings. The van der Waals surface area contributed by atoms with E-state index in [9.17, 15) is 4.79 Å². The standard InChI is InChI=1S/C21H22N4OS/c1-14(26)25-13-17-10-18(25)12-24(17)11-16-6-4-15(5-7-16)9-20-23-21-19(27-20)3-2-8-22-21/h2-8,17-18H,9-13H2,1H3/t17-,18-/m0/s1. The molecule has 0 saturated carbocycles. The molecule has 1 aromatic carbocycles. The first-order valence-electron chi connectivity index (χ1n) is 9.45. The van der Waals surface area contributed by atoms with Crippen molar-refractivity contribution in [2.24, 2.45) is 0 Å². The van der Waals surface area contributed by atoms with Crippen LogP contribution in [-0.2, 0) is 17.8 Å². The molecule has 2 bridgehead atoms. The van der Waals surface area contributed by atoms with Crippen molar-refractivity contribution in [2.75, 3.05) is 13.1 Å². The van der Waals surface area contributed by atoms with Crippen LogP contribution in [0.5, 0.6) is 0 Å². The summed E-state index contributed by atoms with van der Waals surface area (Å²) in [6, 6.07) is 13.9. The second-order valence-corrected chi connectivity index (χ2v) is 8.69. The lowest BCUT2D eigenvalue weighted by Gasteiger charge is -2.33. The fourth-order valence-electron chi connectivity index (χ4n) is 4.39. The number of nitrogens with zero attached hydrogens (tertiary/aromatic N) is 4. The maximum atomic E-state index is 11.6. The molecular formula is C21H22N4OS. The van der Waals surface area contributed by atoms with Crippen LogP contribution in [0.15, 0.2) is 42.6 Å². The van der Waals surface area contributed by atoms with Crippen molar-refractivity contribution in [1.82, 2.24) is 19.8 Å². The van der Waals surface area contributed by atoms with E-state index < -0.39 is 0 Å². The second-order valence-electron chi connectivity index (χ2n) is 7.57. The Morgan fingerprint density at radius 1 is 1.15 bits per heavy atom. The van der Waals surface area contributed by atoms with Crippen LogP contribution >= 0.6 is 11.3 Å². The lowest BCUT2D eigenvalue weighted by molar-refractivity contribution is -0.131. The van der Waals surface area contributed by atoms with Crippen molar-refractivity contribution in [3.63, 3.8) is 0 Å². The van der Waals surface area contributed by atoms with Gasteiger partial charge in [-0.15, -0.1) is 11.3 Å². The van der Waals surface area contributed by atoms with Crippen molar-refractivity contribution in [3.05, 3.63) is 58.7 Å². The fraction of sp³-hybridized carbons (Fsp3) is 0.381. The summed E-state index contributed by atoms with van der Waals surface area (Å²) in [5.41, 5.74) is 3.47. The first kappa shape index (κ1) is 16.8. The van der Waals surface area contributed by atoms with E-state index in [4.69, 9.17) is 0 Å². The van der Waals surface area contributed by atoms with E-state index in [1.54, 1.807) is 24.5 Å². The molecule has 0 radical (unpaired) electrons. The van der Waals surface area contributed by atoms with Crippen LogP contribution in [0.3, 0.4) is 0 Å². The van der Waals surface area contributed by atoms with Crippen LogP contribution in [0.1, 0.15) is 29.5 Å². The Hall–Kier alpha value is -2.31. The number of benzene rings is 1. The van der Waals surface area contributed by atoms with E-state index in [1.807, 2.05) is 11.0 Å². The predicted molar refractivity (Wildman–Crippen MR) is 107 cm³/mol. The third-order valence-corrected chi connectivity index (χ3v) is 6.74. The normalized spacial score (nSPS) is 22.0. The van der Waals surface area contributed by atoms with E-state index in [2.05, 4.69) is 45.2 Å². The minimum atomic E-state index is 0.219. The van der Waals surface area contributed by atoms with E-state index in [1.165, 1.54) is 11.1 Å². The average Bonchev–Trinajstić information content (AvgIpc) is 3.36. The van der Waals surface area contributed by atoms with Crippen molar-refractivity contribution in [3.8, 4) is 0 Å². The molecule has 138 valence electrons. The SMILES string of the molecule is CC(=O)N1C[C@@H]2C[C@H]1CN2Cc1ccc(Cc2nc3ncccc3s2)cc1. The van der Waals surface area contributed by atoms with Crippen molar-refractivity contribution in [2.45, 2.75) is 38.4 Å². The van der Waals surface area contributed by atoms with Gasteiger partial charge in [0.1, 0.15) is 5.01 Å². The number of thiazole rings is 1. The smallest absolute Gasteiger partial charge is 0.219 e. The highest BCUT2D eigenvalue weighted by molar-refractivity contribution is 7.18. The molecule has 2 aliphatic rings. The molecule has 0 spiro atoms. The molecule has 2 aliphatic heterocycles. The Morgan fingerprint density at radius 2 is 1.96 bits per heavy atom. The number of piperazine rings is 1. The third-order valence-electron chi connectivity index (χ3n) is 5.73. The molecule has 4 heterocycles. The maximum Gasteiger partial charge on any atom is 0.219 e. The summed E-state index contributed by atoms with van der Waals surface area (Å²) in [6.07, 6.45) is 3.77. The molecule has 27 heavy (non-hydrogen) atoms. The summed E-state index contributed by atoms with van der Waals surface area (Å²) in [5, 5.41) is 1.11. The van der Waals surface area contributed by atoms with Gasteiger partial charge in [0.25, 0.3) is 0 Å². The van der Waals surface area contributed by atoms with Crippen LogP contribution in [0.4, 0.5) is 0 Å². The van der Waals surface area contributed by atoms with Crippen LogP contribution in [0.2, 0.25) is 0 Å². The zero-order valence-corrected chi connectivity index (χ0v) is 16.2. The van der Waals surface area contributed by atoms with E-state index >= 15 is 0 Å². The second kappa shape index (κ2) is 6.69. The summed E-state index contributed by atoms with van der Waals surface area (Å²) >= 11 is 1.72. The van der Waals surface area contributed by atoms with Crippen molar-refractivity contribution in [1.29, 1.82) is 0 Å². The van der Waals surface area contributed by atoms with Gasteiger partial charge in [-0.25, -0.2) is 9.97 Å². The fourth-order valence-corrected chi connectivity index (χ4v) is 5.35. The minimum absolute atomic E-state index is 0.219.